The van der Waals surface area contributed by atoms with Crippen LogP contribution >= 0.6 is 11.6 Å². The van der Waals surface area contributed by atoms with Crippen molar-refractivity contribution in [3.63, 3.8) is 0 Å². The topological polar surface area (TPSA) is 44.5 Å². The number of benzene rings is 1. The van der Waals surface area contributed by atoms with E-state index in [1.54, 1.807) is 0 Å². The average Bonchev–Trinajstić information content (AvgIpc) is 2.14. The Morgan fingerprint density at radius 3 is 2.13 bits per heavy atom. The first-order chi connectivity index (χ1) is 7.08. The van der Waals surface area contributed by atoms with Crippen LogP contribution in [0.3, 0.4) is 0 Å². The number of hydrogen-bond donors (Lipinski definition) is 1. The van der Waals surface area contributed by atoms with Gasteiger partial charge in [0.1, 0.15) is 6.79 Å². The summed E-state index contributed by atoms with van der Waals surface area (Å²) in [6.07, 6.45) is 0. The summed E-state index contributed by atoms with van der Waals surface area (Å²) in [5, 5.41) is 3.46. The Balaban J connectivity index is 0.000000114. The molecule has 3 aliphatic rings. The van der Waals surface area contributed by atoms with E-state index in [4.69, 9.17) is 26.8 Å². The van der Waals surface area contributed by atoms with Crippen LogP contribution in [0, 0.1) is 10.4 Å². The van der Waals surface area contributed by atoms with Gasteiger partial charge in [-0.25, -0.2) is 0 Å². The van der Waals surface area contributed by atoms with Crippen molar-refractivity contribution in [2.75, 3.05) is 20.0 Å². The lowest BCUT2D eigenvalue weighted by atomic mass is 10.1. The molecular weight excluding hydrogens is 214 g/mol. The molecule has 4 heteroatoms. The number of hydrogen-bond acceptors (Lipinski definition) is 3. The molecule has 2 aliphatic carbocycles. The van der Waals surface area contributed by atoms with Crippen molar-refractivity contribution in [2.45, 2.75) is 12.5 Å². The van der Waals surface area contributed by atoms with Gasteiger partial charge in [0, 0.05) is 10.2 Å². The highest BCUT2D eigenvalue weighted by atomic mass is 35.5. The van der Waals surface area contributed by atoms with Crippen molar-refractivity contribution in [1.82, 2.24) is 0 Å². The molecule has 1 heterocycles. The molecule has 0 amide bonds. The van der Waals surface area contributed by atoms with E-state index in [2.05, 4.69) is 6.07 Å². The molecule has 2 N–H and O–H groups in total. The first-order valence-corrected chi connectivity index (χ1v) is 5.21. The molecule has 15 heavy (non-hydrogen) atoms. The Hall–Kier alpha value is -0.610. The Bertz CT molecular complexity index is 436. The van der Waals surface area contributed by atoms with Crippen LogP contribution in [0.2, 0.25) is 5.02 Å². The molecular formula is C11H14ClNO2. The summed E-state index contributed by atoms with van der Waals surface area (Å²) in [7, 11) is 0. The Morgan fingerprint density at radius 1 is 1.33 bits per heavy atom. The second-order valence-corrected chi connectivity index (χ2v) is 4.57. The van der Waals surface area contributed by atoms with Crippen LogP contribution in [0.5, 0.6) is 0 Å². The van der Waals surface area contributed by atoms with E-state index < -0.39 is 0 Å². The standard InChI is InChI=1S/C6H3Cl.C5H11NO2/c7-6-3-4-1-2-5(4)6;1-5(6)2-7-4-8-3-5/h1-3H;2-4,6H2,1H3. The largest absolute Gasteiger partial charge is 0.353 e. The van der Waals surface area contributed by atoms with Crippen molar-refractivity contribution < 1.29 is 9.47 Å². The second kappa shape index (κ2) is 4.10. The number of halogens is 1. The summed E-state index contributed by atoms with van der Waals surface area (Å²) in [4.78, 5) is 0. The van der Waals surface area contributed by atoms with E-state index in [9.17, 15) is 0 Å². The zero-order valence-corrected chi connectivity index (χ0v) is 9.38. The summed E-state index contributed by atoms with van der Waals surface area (Å²) in [6, 6.07) is 6.05. The van der Waals surface area contributed by atoms with Crippen LogP contribution in [0.25, 0.3) is 0 Å². The molecule has 1 saturated heterocycles. The van der Waals surface area contributed by atoms with Crippen LogP contribution in [-0.4, -0.2) is 25.5 Å². The SMILES string of the molecule is CC1(N)COCOC1.Clc1cc2ccc1=2. The van der Waals surface area contributed by atoms with Crippen molar-refractivity contribution in [3.8, 4) is 0 Å². The molecule has 0 radical (unpaired) electrons. The minimum atomic E-state index is -0.266. The van der Waals surface area contributed by atoms with Crippen LogP contribution in [0.1, 0.15) is 6.92 Å². The van der Waals surface area contributed by atoms with E-state index in [1.165, 1.54) is 10.4 Å². The number of rotatable bonds is 0. The summed E-state index contributed by atoms with van der Waals surface area (Å²) < 4.78 is 9.88. The van der Waals surface area contributed by atoms with Gasteiger partial charge in [0.15, 0.2) is 0 Å². The molecule has 3 rings (SSSR count). The normalized spacial score (nSPS) is 20.2. The predicted octanol–water partition coefficient (Wildman–Crippen LogP) is 1.65. The number of ether oxygens (including phenoxy) is 2. The molecule has 0 spiro atoms. The fraction of sp³-hybridized carbons (Fsp3) is 0.455. The molecule has 1 aliphatic heterocycles. The van der Waals surface area contributed by atoms with Crippen molar-refractivity contribution >= 4 is 11.6 Å². The van der Waals surface area contributed by atoms with E-state index in [0.717, 1.165) is 5.02 Å². The van der Waals surface area contributed by atoms with E-state index >= 15 is 0 Å². The highest BCUT2D eigenvalue weighted by molar-refractivity contribution is 6.31. The predicted molar refractivity (Wildman–Crippen MR) is 58.5 cm³/mol. The molecule has 0 aromatic rings. The zero-order valence-electron chi connectivity index (χ0n) is 8.63. The average molecular weight is 228 g/mol. The molecule has 0 bridgehead atoms. The van der Waals surface area contributed by atoms with Gasteiger partial charge in [-0.05, 0) is 18.2 Å². The van der Waals surface area contributed by atoms with Gasteiger partial charge in [-0.15, -0.1) is 0 Å². The van der Waals surface area contributed by atoms with Gasteiger partial charge in [0.2, 0.25) is 0 Å². The molecule has 82 valence electrons. The minimum absolute atomic E-state index is 0.266. The van der Waals surface area contributed by atoms with Crippen molar-refractivity contribution in [3.05, 3.63) is 33.7 Å². The maximum atomic E-state index is 5.63. The van der Waals surface area contributed by atoms with Crippen molar-refractivity contribution in [1.29, 1.82) is 0 Å². The molecule has 0 atom stereocenters. The fourth-order valence-electron chi connectivity index (χ4n) is 1.39. The van der Waals surface area contributed by atoms with Crippen LogP contribution in [0.15, 0.2) is 18.2 Å². The summed E-state index contributed by atoms with van der Waals surface area (Å²) >= 11 is 5.60. The maximum Gasteiger partial charge on any atom is 0.146 e. The summed E-state index contributed by atoms with van der Waals surface area (Å²) in [5.74, 6) is 0. The molecule has 0 aromatic carbocycles. The Labute approximate surface area is 93.4 Å². The molecule has 1 fully saturated rings. The summed E-state index contributed by atoms with van der Waals surface area (Å²) in [6.45, 7) is 3.51. The van der Waals surface area contributed by atoms with E-state index in [1.807, 2.05) is 19.1 Å². The maximum absolute atomic E-state index is 5.63. The Morgan fingerprint density at radius 2 is 2.00 bits per heavy atom. The third-order valence-corrected chi connectivity index (χ3v) is 2.62. The third kappa shape index (κ3) is 2.49. The van der Waals surface area contributed by atoms with Gasteiger partial charge in [-0.2, -0.15) is 0 Å². The van der Waals surface area contributed by atoms with Gasteiger partial charge in [0.25, 0.3) is 0 Å². The highest BCUT2D eigenvalue weighted by Gasteiger charge is 2.22. The molecule has 3 nitrogen and oxygen atoms in total. The second-order valence-electron chi connectivity index (χ2n) is 4.16. The van der Waals surface area contributed by atoms with Crippen LogP contribution < -0.4 is 5.73 Å². The first kappa shape index (κ1) is 10.9. The van der Waals surface area contributed by atoms with Gasteiger partial charge >= 0.3 is 0 Å². The highest BCUT2D eigenvalue weighted by Crippen LogP contribution is 2.20. The van der Waals surface area contributed by atoms with Crippen molar-refractivity contribution in [2.24, 2.45) is 5.73 Å². The first-order valence-electron chi connectivity index (χ1n) is 4.83. The van der Waals surface area contributed by atoms with Gasteiger partial charge in [-0.3, -0.25) is 0 Å². The minimum Gasteiger partial charge on any atom is -0.353 e. The lowest BCUT2D eigenvalue weighted by Crippen LogP contribution is -2.49. The zero-order chi connectivity index (χ0) is 10.9. The Kier molecular flexibility index (Phi) is 2.98. The van der Waals surface area contributed by atoms with Crippen LogP contribution in [0.4, 0.5) is 0 Å². The molecule has 0 unspecified atom stereocenters. The van der Waals surface area contributed by atoms with Gasteiger partial charge < -0.3 is 15.2 Å². The monoisotopic (exact) mass is 227 g/mol. The quantitative estimate of drug-likeness (QED) is 0.744. The molecule has 0 saturated carbocycles. The smallest absolute Gasteiger partial charge is 0.146 e. The molecule has 0 aromatic heterocycles. The summed E-state index contributed by atoms with van der Waals surface area (Å²) in [5.41, 5.74) is 5.36. The van der Waals surface area contributed by atoms with E-state index in [0.29, 0.717) is 20.0 Å². The van der Waals surface area contributed by atoms with Crippen LogP contribution in [-0.2, 0) is 9.47 Å². The fourth-order valence-corrected chi connectivity index (χ4v) is 1.68. The lowest BCUT2D eigenvalue weighted by Gasteiger charge is -2.28. The van der Waals surface area contributed by atoms with Gasteiger partial charge in [0.05, 0.1) is 18.8 Å². The lowest BCUT2D eigenvalue weighted by molar-refractivity contribution is -0.130. The number of nitrogens with two attached hydrogens (primary N) is 1. The van der Waals surface area contributed by atoms with E-state index in [-0.39, 0.29) is 5.54 Å². The van der Waals surface area contributed by atoms with Gasteiger partial charge in [-0.1, -0.05) is 23.7 Å². The third-order valence-electron chi connectivity index (χ3n) is 2.31.